The number of hydrogen-bond acceptors (Lipinski definition) is 4. The number of hydrogen-bond donors (Lipinski definition) is 2. The zero-order valence-corrected chi connectivity index (χ0v) is 15.8. The van der Waals surface area contributed by atoms with Crippen molar-refractivity contribution in [2.45, 2.75) is 33.1 Å². The van der Waals surface area contributed by atoms with Gasteiger partial charge < -0.3 is 14.8 Å². The van der Waals surface area contributed by atoms with Gasteiger partial charge >= 0.3 is 13.1 Å². The second-order valence-corrected chi connectivity index (χ2v) is 6.59. The maximum Gasteiger partial charge on any atom is 0.480 e. The molecule has 0 radical (unpaired) electrons. The van der Waals surface area contributed by atoms with Crippen molar-refractivity contribution in [3.63, 3.8) is 0 Å². The Labute approximate surface area is 161 Å². The number of carbonyl (C=O) groups excluding carboxylic acids is 1. The van der Waals surface area contributed by atoms with Gasteiger partial charge in [0.05, 0.1) is 0 Å². The molecule has 0 aliphatic heterocycles. The molecule has 0 aliphatic carbocycles. The normalized spacial score (nSPS) is 10.7. The van der Waals surface area contributed by atoms with E-state index in [9.17, 15) is 4.79 Å². The van der Waals surface area contributed by atoms with Crippen molar-refractivity contribution in [1.82, 2.24) is 0 Å². The van der Waals surface area contributed by atoms with Gasteiger partial charge in [-0.05, 0) is 55.5 Å². The van der Waals surface area contributed by atoms with E-state index in [-0.39, 0.29) is 5.97 Å². The highest BCUT2D eigenvalue weighted by molar-refractivity contribution is 6.48. The van der Waals surface area contributed by atoms with Gasteiger partial charge in [-0.25, -0.2) is 0 Å². The van der Waals surface area contributed by atoms with Gasteiger partial charge in [-0.1, -0.05) is 60.1 Å². The minimum atomic E-state index is -1.50. The lowest BCUT2D eigenvalue weighted by atomic mass is 9.90. The Morgan fingerprint density at radius 1 is 1.11 bits per heavy atom. The van der Waals surface area contributed by atoms with Crippen LogP contribution in [0.15, 0.2) is 66.2 Å². The van der Waals surface area contributed by atoms with Crippen molar-refractivity contribution in [2.75, 3.05) is 0 Å². The maximum absolute atomic E-state index is 12.3. The van der Waals surface area contributed by atoms with Crippen molar-refractivity contribution in [3.05, 3.63) is 82.8 Å². The molecule has 2 aromatic carbocycles. The van der Waals surface area contributed by atoms with Crippen molar-refractivity contribution in [1.29, 1.82) is 0 Å². The first-order chi connectivity index (χ1) is 12.9. The van der Waals surface area contributed by atoms with Crippen LogP contribution in [-0.4, -0.2) is 23.1 Å². The maximum atomic E-state index is 12.3. The van der Waals surface area contributed by atoms with E-state index in [1.54, 1.807) is 18.2 Å². The molecule has 0 aliphatic rings. The predicted octanol–water partition coefficient (Wildman–Crippen LogP) is 3.76. The molecule has 2 rings (SSSR count). The second kappa shape index (κ2) is 10.5. The van der Waals surface area contributed by atoms with Crippen molar-refractivity contribution in [3.8, 4) is 5.75 Å². The minimum Gasteiger partial charge on any atom is -0.426 e. The van der Waals surface area contributed by atoms with Gasteiger partial charge in [-0.15, -0.1) is 0 Å². The van der Waals surface area contributed by atoms with E-state index in [1.165, 1.54) is 11.5 Å². The van der Waals surface area contributed by atoms with Crippen LogP contribution in [0.1, 0.15) is 37.0 Å². The quantitative estimate of drug-likeness (QED) is 0.324. The molecule has 0 spiro atoms. The number of ether oxygens (including phenoxy) is 1. The first-order valence-electron chi connectivity index (χ1n) is 8.99. The van der Waals surface area contributed by atoms with Crippen molar-refractivity contribution >= 4 is 19.2 Å². The Hall–Kier alpha value is -2.63. The van der Waals surface area contributed by atoms with Crippen LogP contribution in [0.25, 0.3) is 6.08 Å². The first-order valence-corrected chi connectivity index (χ1v) is 8.99. The summed E-state index contributed by atoms with van der Waals surface area (Å²) in [5, 5.41) is 18.0. The second-order valence-electron chi connectivity index (χ2n) is 6.59. The number of aryl methyl sites for hydroxylation is 1. The van der Waals surface area contributed by atoms with Gasteiger partial charge in [0.15, 0.2) is 0 Å². The molecule has 0 aromatic heterocycles. The molecule has 0 fully saturated rings. The molecule has 0 unspecified atom stereocenters. The molecule has 5 heteroatoms. The summed E-state index contributed by atoms with van der Waals surface area (Å²) in [7, 11) is -1.50. The van der Waals surface area contributed by atoms with Crippen molar-refractivity contribution < 1.29 is 19.6 Å². The fourth-order valence-corrected chi connectivity index (χ4v) is 2.54. The largest absolute Gasteiger partial charge is 0.480 e. The topological polar surface area (TPSA) is 66.8 Å². The van der Waals surface area contributed by atoms with E-state index in [0.717, 1.165) is 16.7 Å². The Morgan fingerprint density at radius 2 is 1.85 bits per heavy atom. The average molecular weight is 364 g/mol. The van der Waals surface area contributed by atoms with Crippen LogP contribution in [0, 0.1) is 0 Å². The molecule has 0 saturated heterocycles. The summed E-state index contributed by atoms with van der Waals surface area (Å²) in [6.07, 6.45) is 5.26. The lowest BCUT2D eigenvalue weighted by molar-refractivity contribution is -0.134. The van der Waals surface area contributed by atoms with Gasteiger partial charge in [0.2, 0.25) is 0 Å². The monoisotopic (exact) mass is 364 g/mol. The highest BCUT2D eigenvalue weighted by Crippen LogP contribution is 2.23. The molecule has 27 heavy (non-hydrogen) atoms. The summed E-state index contributed by atoms with van der Waals surface area (Å²) in [6.45, 7) is 4.02. The van der Waals surface area contributed by atoms with E-state index < -0.39 is 7.12 Å². The van der Waals surface area contributed by atoms with Gasteiger partial charge in [0, 0.05) is 6.42 Å². The Bertz CT molecular complexity index is 806. The minimum absolute atomic E-state index is 0.272. The Balaban J connectivity index is 2.10. The lowest BCUT2D eigenvalue weighted by Crippen LogP contribution is -2.10. The average Bonchev–Trinajstić information content (AvgIpc) is 2.65. The number of esters is 1. The van der Waals surface area contributed by atoms with E-state index in [4.69, 9.17) is 14.8 Å². The molecular formula is C22H25BO4. The molecule has 4 nitrogen and oxygen atoms in total. The molecule has 0 amide bonds. The molecule has 0 atom stereocenters. The predicted molar refractivity (Wildman–Crippen MR) is 109 cm³/mol. The zero-order valence-electron chi connectivity index (χ0n) is 15.8. The van der Waals surface area contributed by atoms with E-state index in [0.29, 0.717) is 25.0 Å². The van der Waals surface area contributed by atoms with Gasteiger partial charge in [0.25, 0.3) is 0 Å². The summed E-state index contributed by atoms with van der Waals surface area (Å²) < 4.78 is 5.59. The van der Waals surface area contributed by atoms with Gasteiger partial charge in [0.1, 0.15) is 5.75 Å². The molecule has 2 aromatic rings. The summed E-state index contributed by atoms with van der Waals surface area (Å²) >= 11 is 0. The summed E-state index contributed by atoms with van der Waals surface area (Å²) in [4.78, 5) is 12.3. The smallest absolute Gasteiger partial charge is 0.426 e. The van der Waals surface area contributed by atoms with E-state index in [2.05, 4.69) is 6.08 Å². The van der Waals surface area contributed by atoms with Crippen LogP contribution in [0.3, 0.4) is 0 Å². The SMILES string of the molecule is CC(C)=CCc1cc(C=CB(O)O)ccc1OC(=O)CCc1ccccc1. The first kappa shape index (κ1) is 20.7. The fraction of sp³-hybridized carbons (Fsp3) is 0.227. The van der Waals surface area contributed by atoms with Crippen molar-refractivity contribution in [2.24, 2.45) is 0 Å². The lowest BCUT2D eigenvalue weighted by Gasteiger charge is -2.11. The molecule has 2 N–H and O–H groups in total. The standard InChI is InChI=1S/C22H25BO4/c1-17(2)8-11-20-16-19(14-15-23(25)26)9-12-21(20)27-22(24)13-10-18-6-4-3-5-7-18/h3-9,12,14-16,25-26H,10-11,13H2,1-2H3. The highest BCUT2D eigenvalue weighted by Gasteiger charge is 2.10. The van der Waals surface area contributed by atoms with E-state index in [1.807, 2.05) is 50.2 Å². The third-order valence-electron chi connectivity index (χ3n) is 3.96. The highest BCUT2D eigenvalue weighted by atomic mass is 16.5. The van der Waals surface area contributed by atoms with Crippen LogP contribution < -0.4 is 4.74 Å². The Kier molecular flexibility index (Phi) is 8.05. The third-order valence-corrected chi connectivity index (χ3v) is 3.96. The summed E-state index contributed by atoms with van der Waals surface area (Å²) in [5.74, 6) is 1.55. The number of benzene rings is 2. The summed E-state index contributed by atoms with van der Waals surface area (Å²) in [6, 6.07) is 15.2. The van der Waals surface area contributed by atoms with Gasteiger partial charge in [-0.2, -0.15) is 0 Å². The number of rotatable bonds is 8. The number of carbonyl (C=O) groups is 1. The fourth-order valence-electron chi connectivity index (χ4n) is 2.54. The summed E-state index contributed by atoms with van der Waals surface area (Å²) in [5.41, 5.74) is 3.95. The van der Waals surface area contributed by atoms with E-state index >= 15 is 0 Å². The van der Waals surface area contributed by atoms with Crippen LogP contribution >= 0.6 is 0 Å². The molecule has 0 heterocycles. The molecular weight excluding hydrogens is 339 g/mol. The van der Waals surface area contributed by atoms with Crippen LogP contribution in [0.4, 0.5) is 0 Å². The third kappa shape index (κ3) is 7.65. The zero-order chi connectivity index (χ0) is 19.6. The van der Waals surface area contributed by atoms with Gasteiger partial charge in [-0.3, -0.25) is 4.79 Å². The molecule has 0 saturated carbocycles. The van der Waals surface area contributed by atoms with Crippen LogP contribution in [-0.2, 0) is 17.6 Å². The molecule has 0 bridgehead atoms. The Morgan fingerprint density at radius 3 is 2.52 bits per heavy atom. The van der Waals surface area contributed by atoms with Crippen LogP contribution in [0.5, 0.6) is 5.75 Å². The molecule has 140 valence electrons. The number of allylic oxidation sites excluding steroid dienone is 2. The van der Waals surface area contributed by atoms with Crippen LogP contribution in [0.2, 0.25) is 0 Å².